The van der Waals surface area contributed by atoms with Gasteiger partial charge in [0.15, 0.2) is 0 Å². The molecule has 4 heteroatoms. The smallest absolute Gasteiger partial charge is 0.251 e. The number of pyridine rings is 1. The van der Waals surface area contributed by atoms with Crippen molar-refractivity contribution in [1.29, 1.82) is 0 Å². The molecule has 1 aromatic heterocycles. The highest BCUT2D eigenvalue weighted by Crippen LogP contribution is 2.19. The zero-order valence-corrected chi connectivity index (χ0v) is 12.5. The van der Waals surface area contributed by atoms with E-state index in [1.165, 1.54) is 25.7 Å². The number of aromatic nitrogens is 1. The summed E-state index contributed by atoms with van der Waals surface area (Å²) < 4.78 is 0. The summed E-state index contributed by atoms with van der Waals surface area (Å²) in [5.41, 5.74) is 7.30. The minimum Gasteiger partial charge on any atom is -0.384 e. The Labute approximate surface area is 121 Å². The molecule has 110 valence electrons. The van der Waals surface area contributed by atoms with Gasteiger partial charge in [0.05, 0.1) is 0 Å². The molecule has 1 fully saturated rings. The van der Waals surface area contributed by atoms with E-state index in [1.807, 2.05) is 6.07 Å². The van der Waals surface area contributed by atoms with Crippen LogP contribution in [0.4, 0.5) is 5.82 Å². The number of nitrogens with one attached hydrogen (secondary N) is 1. The van der Waals surface area contributed by atoms with Crippen molar-refractivity contribution >= 4 is 11.7 Å². The number of rotatable bonds is 3. The molecule has 0 bridgehead atoms. The van der Waals surface area contributed by atoms with E-state index in [0.29, 0.717) is 17.4 Å². The molecule has 20 heavy (non-hydrogen) atoms. The minimum atomic E-state index is -0.0205. The van der Waals surface area contributed by atoms with Gasteiger partial charge in [0.25, 0.3) is 5.91 Å². The number of carbonyl (C=O) groups excluding carboxylic acids is 1. The molecular formula is C16H25N3O. The fourth-order valence-corrected chi connectivity index (χ4v) is 2.69. The fourth-order valence-electron chi connectivity index (χ4n) is 2.69. The third-order valence-corrected chi connectivity index (χ3v) is 3.91. The Morgan fingerprint density at radius 2 is 1.90 bits per heavy atom. The Kier molecular flexibility index (Phi) is 4.99. The maximum absolute atomic E-state index is 12.4. The number of anilines is 1. The monoisotopic (exact) mass is 275 g/mol. The van der Waals surface area contributed by atoms with Gasteiger partial charge in [-0.2, -0.15) is 0 Å². The summed E-state index contributed by atoms with van der Waals surface area (Å²) in [5.74, 6) is 0.665. The molecule has 0 aromatic carbocycles. The van der Waals surface area contributed by atoms with Gasteiger partial charge in [-0.15, -0.1) is 0 Å². The molecule has 1 aliphatic rings. The zero-order chi connectivity index (χ0) is 14.5. The first-order valence-corrected chi connectivity index (χ1v) is 7.64. The molecule has 0 saturated heterocycles. The first-order valence-electron chi connectivity index (χ1n) is 7.64. The van der Waals surface area contributed by atoms with Crippen molar-refractivity contribution in [3.63, 3.8) is 0 Å². The number of nitrogens with two attached hydrogens (primary N) is 1. The van der Waals surface area contributed by atoms with Crippen LogP contribution in [0.3, 0.4) is 0 Å². The number of carbonyl (C=O) groups is 1. The van der Waals surface area contributed by atoms with E-state index in [1.54, 1.807) is 6.07 Å². The van der Waals surface area contributed by atoms with Gasteiger partial charge in [-0.3, -0.25) is 4.79 Å². The van der Waals surface area contributed by atoms with Crippen LogP contribution in [-0.4, -0.2) is 16.9 Å². The van der Waals surface area contributed by atoms with Crippen LogP contribution in [0, 0.1) is 0 Å². The van der Waals surface area contributed by atoms with Crippen LogP contribution in [0.15, 0.2) is 12.1 Å². The second-order valence-electron chi connectivity index (χ2n) is 6.02. The highest BCUT2D eigenvalue weighted by atomic mass is 16.1. The fraction of sp³-hybridized carbons (Fsp3) is 0.625. The molecule has 0 unspecified atom stereocenters. The summed E-state index contributed by atoms with van der Waals surface area (Å²) in [6.07, 6.45) is 7.16. The molecule has 1 aromatic rings. The van der Waals surface area contributed by atoms with Crippen LogP contribution < -0.4 is 11.1 Å². The van der Waals surface area contributed by atoms with Crippen molar-refractivity contribution in [3.8, 4) is 0 Å². The van der Waals surface area contributed by atoms with Gasteiger partial charge in [-0.25, -0.2) is 4.98 Å². The van der Waals surface area contributed by atoms with E-state index in [0.717, 1.165) is 18.5 Å². The maximum atomic E-state index is 12.4. The van der Waals surface area contributed by atoms with Crippen LogP contribution in [0.5, 0.6) is 0 Å². The second kappa shape index (κ2) is 6.73. The number of nitrogen functional groups attached to an aromatic ring is 1. The van der Waals surface area contributed by atoms with E-state index < -0.39 is 0 Å². The van der Waals surface area contributed by atoms with E-state index >= 15 is 0 Å². The quantitative estimate of drug-likeness (QED) is 0.832. The largest absolute Gasteiger partial charge is 0.384 e. The molecule has 1 saturated carbocycles. The standard InChI is InChI=1S/C16H25N3O/c1-11(2)14-9-12(10-15(17)19-14)16(20)18-13-7-5-3-4-6-8-13/h9-11,13H,3-8H2,1-2H3,(H2,17,19)(H,18,20). The predicted molar refractivity (Wildman–Crippen MR) is 81.7 cm³/mol. The maximum Gasteiger partial charge on any atom is 0.251 e. The van der Waals surface area contributed by atoms with Gasteiger partial charge < -0.3 is 11.1 Å². The summed E-state index contributed by atoms with van der Waals surface area (Å²) in [4.78, 5) is 16.6. The minimum absolute atomic E-state index is 0.0205. The molecular weight excluding hydrogens is 250 g/mol. The summed E-state index contributed by atoms with van der Waals surface area (Å²) in [6, 6.07) is 3.83. The zero-order valence-electron chi connectivity index (χ0n) is 12.5. The molecule has 0 spiro atoms. The molecule has 3 N–H and O–H groups in total. The van der Waals surface area contributed by atoms with Crippen molar-refractivity contribution < 1.29 is 4.79 Å². The van der Waals surface area contributed by atoms with Gasteiger partial charge in [-0.1, -0.05) is 39.5 Å². The van der Waals surface area contributed by atoms with Gasteiger partial charge in [0.1, 0.15) is 5.82 Å². The lowest BCUT2D eigenvalue weighted by molar-refractivity contribution is 0.0933. The highest BCUT2D eigenvalue weighted by molar-refractivity contribution is 5.95. The lowest BCUT2D eigenvalue weighted by atomic mass is 10.1. The van der Waals surface area contributed by atoms with Crippen molar-refractivity contribution in [3.05, 3.63) is 23.4 Å². The normalized spacial score (nSPS) is 16.9. The number of amides is 1. The van der Waals surface area contributed by atoms with Crippen LogP contribution >= 0.6 is 0 Å². The van der Waals surface area contributed by atoms with E-state index in [2.05, 4.69) is 24.1 Å². The van der Waals surface area contributed by atoms with E-state index in [4.69, 9.17) is 5.73 Å². The molecule has 1 aliphatic carbocycles. The predicted octanol–water partition coefficient (Wildman–Crippen LogP) is 3.24. The molecule has 1 heterocycles. The molecule has 2 rings (SSSR count). The third-order valence-electron chi connectivity index (χ3n) is 3.91. The lowest BCUT2D eigenvalue weighted by Crippen LogP contribution is -2.34. The Morgan fingerprint density at radius 3 is 2.50 bits per heavy atom. The van der Waals surface area contributed by atoms with Crippen LogP contribution in [0.25, 0.3) is 0 Å². The third kappa shape index (κ3) is 3.95. The first-order chi connectivity index (χ1) is 9.56. The van der Waals surface area contributed by atoms with Crippen LogP contribution in [-0.2, 0) is 0 Å². The topological polar surface area (TPSA) is 68.0 Å². The molecule has 0 aliphatic heterocycles. The van der Waals surface area contributed by atoms with Crippen molar-refractivity contribution in [1.82, 2.24) is 10.3 Å². The summed E-state index contributed by atoms with van der Waals surface area (Å²) in [6.45, 7) is 4.10. The summed E-state index contributed by atoms with van der Waals surface area (Å²) >= 11 is 0. The van der Waals surface area contributed by atoms with Gasteiger partial charge >= 0.3 is 0 Å². The van der Waals surface area contributed by atoms with Crippen molar-refractivity contribution in [2.24, 2.45) is 0 Å². The van der Waals surface area contributed by atoms with Gasteiger partial charge in [0, 0.05) is 17.3 Å². The molecule has 0 radical (unpaired) electrons. The van der Waals surface area contributed by atoms with E-state index in [-0.39, 0.29) is 11.8 Å². The second-order valence-corrected chi connectivity index (χ2v) is 6.02. The Morgan fingerprint density at radius 1 is 1.25 bits per heavy atom. The van der Waals surface area contributed by atoms with E-state index in [9.17, 15) is 4.79 Å². The lowest BCUT2D eigenvalue weighted by Gasteiger charge is -2.17. The van der Waals surface area contributed by atoms with Crippen molar-refractivity contribution in [2.75, 3.05) is 5.73 Å². The average molecular weight is 275 g/mol. The Bertz CT molecular complexity index is 463. The summed E-state index contributed by atoms with van der Waals surface area (Å²) in [7, 11) is 0. The van der Waals surface area contributed by atoms with Crippen LogP contribution in [0.1, 0.15) is 74.3 Å². The first kappa shape index (κ1) is 14.8. The van der Waals surface area contributed by atoms with Gasteiger partial charge in [-0.05, 0) is 30.9 Å². The number of nitrogens with zero attached hydrogens (tertiary/aromatic N) is 1. The van der Waals surface area contributed by atoms with Crippen molar-refractivity contribution in [2.45, 2.75) is 64.3 Å². The molecule has 4 nitrogen and oxygen atoms in total. The number of hydrogen-bond donors (Lipinski definition) is 2. The number of hydrogen-bond acceptors (Lipinski definition) is 3. The summed E-state index contributed by atoms with van der Waals surface area (Å²) in [5, 5.41) is 3.15. The molecule has 0 atom stereocenters. The average Bonchev–Trinajstić information content (AvgIpc) is 2.66. The molecule has 1 amide bonds. The highest BCUT2D eigenvalue weighted by Gasteiger charge is 2.17. The SMILES string of the molecule is CC(C)c1cc(C(=O)NC2CCCCCC2)cc(N)n1. The van der Waals surface area contributed by atoms with Crippen LogP contribution in [0.2, 0.25) is 0 Å². The Balaban J connectivity index is 2.08. The Hall–Kier alpha value is -1.58. The van der Waals surface area contributed by atoms with Gasteiger partial charge in [0.2, 0.25) is 0 Å².